The molecule has 4 nitrogen and oxygen atoms in total. The van der Waals surface area contributed by atoms with Crippen molar-refractivity contribution in [2.24, 2.45) is 0 Å². The minimum atomic E-state index is -0.0124. The number of hydrogen-bond acceptors (Lipinski definition) is 2. The van der Waals surface area contributed by atoms with Crippen molar-refractivity contribution >= 4 is 11.8 Å². The van der Waals surface area contributed by atoms with Crippen molar-refractivity contribution in [1.82, 2.24) is 9.80 Å². The first kappa shape index (κ1) is 10.9. The molecule has 0 spiro atoms. The smallest absolute Gasteiger partial charge is 0.223 e. The van der Waals surface area contributed by atoms with Gasteiger partial charge in [0, 0.05) is 41.0 Å². The van der Waals surface area contributed by atoms with E-state index in [1.54, 1.807) is 21.1 Å². The molecule has 0 aliphatic carbocycles. The van der Waals surface area contributed by atoms with Gasteiger partial charge < -0.3 is 9.80 Å². The normalized spacial score (nSPS) is 9.33. The van der Waals surface area contributed by atoms with Crippen LogP contribution in [0.4, 0.5) is 0 Å². The van der Waals surface area contributed by atoms with E-state index in [1.165, 1.54) is 16.7 Å². The fourth-order valence-electron chi connectivity index (χ4n) is 0.644. The van der Waals surface area contributed by atoms with Crippen LogP contribution in [-0.4, -0.2) is 49.3 Å². The van der Waals surface area contributed by atoms with Crippen molar-refractivity contribution in [2.45, 2.75) is 13.3 Å². The molecule has 0 saturated carbocycles. The van der Waals surface area contributed by atoms with Gasteiger partial charge in [0.15, 0.2) is 0 Å². The van der Waals surface area contributed by atoms with E-state index in [0.717, 1.165) is 0 Å². The third-order valence-electron chi connectivity index (χ3n) is 1.70. The maximum atomic E-state index is 11.1. The largest absolute Gasteiger partial charge is 0.349 e. The Kier molecular flexibility index (Phi) is 4.33. The van der Waals surface area contributed by atoms with Gasteiger partial charge in [-0.05, 0) is 0 Å². The summed E-state index contributed by atoms with van der Waals surface area (Å²) in [5, 5.41) is 0. The molecule has 0 N–H and O–H groups in total. The van der Waals surface area contributed by atoms with E-state index in [2.05, 4.69) is 0 Å². The molecule has 0 rings (SSSR count). The second kappa shape index (κ2) is 4.74. The predicted octanol–water partition coefficient (Wildman–Crippen LogP) is -0.0570. The lowest BCUT2D eigenvalue weighted by atomic mass is 10.3. The van der Waals surface area contributed by atoms with Crippen molar-refractivity contribution in [3.63, 3.8) is 0 Å². The van der Waals surface area contributed by atoms with Crippen molar-refractivity contribution in [2.75, 3.05) is 27.7 Å². The van der Waals surface area contributed by atoms with Crippen LogP contribution in [-0.2, 0) is 9.59 Å². The zero-order chi connectivity index (χ0) is 9.72. The van der Waals surface area contributed by atoms with Gasteiger partial charge >= 0.3 is 0 Å². The van der Waals surface area contributed by atoms with E-state index in [1.807, 2.05) is 0 Å². The Labute approximate surface area is 73.1 Å². The predicted molar refractivity (Wildman–Crippen MR) is 46.6 cm³/mol. The van der Waals surface area contributed by atoms with Crippen LogP contribution in [0.5, 0.6) is 0 Å². The fraction of sp³-hybridized carbons (Fsp3) is 0.750. The van der Waals surface area contributed by atoms with Gasteiger partial charge in [-0.3, -0.25) is 9.59 Å². The fourth-order valence-corrected chi connectivity index (χ4v) is 0.644. The number of carbonyl (C=O) groups excluding carboxylic acids is 2. The molecule has 0 heterocycles. The summed E-state index contributed by atoms with van der Waals surface area (Å²) in [5.74, 6) is 0.0321. The molecular weight excluding hydrogens is 156 g/mol. The molecule has 0 saturated heterocycles. The molecular formula is C8H16N2O2. The number of nitrogens with zero attached hydrogens (tertiary/aromatic N) is 2. The van der Waals surface area contributed by atoms with E-state index in [9.17, 15) is 9.59 Å². The zero-order valence-electron chi connectivity index (χ0n) is 8.13. The van der Waals surface area contributed by atoms with Crippen LogP contribution in [0.15, 0.2) is 0 Å². The second-order valence-electron chi connectivity index (χ2n) is 2.98. The summed E-state index contributed by atoms with van der Waals surface area (Å²) in [4.78, 5) is 24.8. The quantitative estimate of drug-likeness (QED) is 0.598. The molecule has 70 valence electrons. The highest BCUT2D eigenvalue weighted by atomic mass is 16.2. The lowest BCUT2D eigenvalue weighted by Crippen LogP contribution is -2.30. The van der Waals surface area contributed by atoms with Crippen molar-refractivity contribution < 1.29 is 9.59 Å². The summed E-state index contributed by atoms with van der Waals surface area (Å²) in [5.41, 5.74) is 0. The van der Waals surface area contributed by atoms with E-state index in [-0.39, 0.29) is 11.8 Å². The number of rotatable bonds is 3. The Balaban J connectivity index is 3.69. The lowest BCUT2D eigenvalue weighted by molar-refractivity contribution is -0.131. The molecule has 0 aromatic rings. The highest BCUT2D eigenvalue weighted by Gasteiger charge is 2.07. The molecule has 0 bridgehead atoms. The summed E-state index contributed by atoms with van der Waals surface area (Å²) < 4.78 is 0. The molecule has 0 aliphatic rings. The minimum absolute atomic E-state index is 0.0124. The third-order valence-corrected chi connectivity index (χ3v) is 1.70. The van der Waals surface area contributed by atoms with E-state index in [4.69, 9.17) is 0 Å². The third kappa shape index (κ3) is 3.95. The van der Waals surface area contributed by atoms with Crippen LogP contribution >= 0.6 is 0 Å². The van der Waals surface area contributed by atoms with Crippen LogP contribution in [0, 0.1) is 0 Å². The molecule has 0 aliphatic heterocycles. The van der Waals surface area contributed by atoms with Gasteiger partial charge in [0.25, 0.3) is 0 Å². The van der Waals surface area contributed by atoms with Crippen LogP contribution in [0.1, 0.15) is 13.3 Å². The molecule has 0 unspecified atom stereocenters. The van der Waals surface area contributed by atoms with Gasteiger partial charge in [-0.2, -0.15) is 0 Å². The molecule has 0 aromatic carbocycles. The van der Waals surface area contributed by atoms with Crippen molar-refractivity contribution in [3.8, 4) is 0 Å². The van der Waals surface area contributed by atoms with Gasteiger partial charge in [-0.25, -0.2) is 0 Å². The van der Waals surface area contributed by atoms with Crippen LogP contribution in [0.2, 0.25) is 0 Å². The van der Waals surface area contributed by atoms with Gasteiger partial charge in [0.05, 0.1) is 0 Å². The first-order chi connectivity index (χ1) is 5.45. The monoisotopic (exact) mass is 172 g/mol. The summed E-state index contributed by atoms with van der Waals surface area (Å²) >= 11 is 0. The number of carbonyl (C=O) groups is 2. The number of amides is 2. The Morgan fingerprint density at radius 2 is 1.67 bits per heavy atom. The van der Waals surface area contributed by atoms with E-state index >= 15 is 0 Å². The Hall–Kier alpha value is -1.06. The summed E-state index contributed by atoms with van der Waals surface area (Å²) in [6.45, 7) is 1.98. The first-order valence-corrected chi connectivity index (χ1v) is 3.87. The minimum Gasteiger partial charge on any atom is -0.349 e. The van der Waals surface area contributed by atoms with Gasteiger partial charge in [-0.1, -0.05) is 0 Å². The molecule has 0 fully saturated rings. The summed E-state index contributed by atoms with van der Waals surface area (Å²) in [6.07, 6.45) is 0.392. The van der Waals surface area contributed by atoms with Gasteiger partial charge in [0.1, 0.15) is 0 Å². The Bertz CT molecular complexity index is 178. The van der Waals surface area contributed by atoms with Gasteiger partial charge in [-0.15, -0.1) is 0 Å². The highest BCUT2D eigenvalue weighted by molar-refractivity contribution is 5.77. The highest BCUT2D eigenvalue weighted by Crippen LogP contribution is 1.91. The average molecular weight is 172 g/mol. The van der Waals surface area contributed by atoms with Gasteiger partial charge in [0.2, 0.25) is 11.8 Å². The van der Waals surface area contributed by atoms with Crippen molar-refractivity contribution in [1.29, 1.82) is 0 Å². The maximum absolute atomic E-state index is 11.1. The average Bonchev–Trinajstić information content (AvgIpc) is 1.98. The maximum Gasteiger partial charge on any atom is 0.223 e. The SMILES string of the molecule is CC(=O)N(C)CCC(=O)N(C)C. The van der Waals surface area contributed by atoms with Crippen LogP contribution in [0.3, 0.4) is 0 Å². The molecule has 4 heteroatoms. The van der Waals surface area contributed by atoms with E-state index in [0.29, 0.717) is 13.0 Å². The first-order valence-electron chi connectivity index (χ1n) is 3.87. The standard InChI is InChI=1S/C8H16N2O2/c1-7(11)10(4)6-5-8(12)9(2)3/h5-6H2,1-4H3. The van der Waals surface area contributed by atoms with Crippen LogP contribution < -0.4 is 0 Å². The Morgan fingerprint density at radius 3 is 2.00 bits per heavy atom. The summed E-state index contributed by atoms with van der Waals surface area (Å²) in [7, 11) is 5.09. The number of hydrogen-bond donors (Lipinski definition) is 0. The van der Waals surface area contributed by atoms with Crippen LogP contribution in [0.25, 0.3) is 0 Å². The molecule has 0 aromatic heterocycles. The Morgan fingerprint density at radius 1 is 1.17 bits per heavy atom. The molecule has 2 amide bonds. The molecule has 12 heavy (non-hydrogen) atoms. The molecule has 0 radical (unpaired) electrons. The summed E-state index contributed by atoms with van der Waals surface area (Å²) in [6, 6.07) is 0. The zero-order valence-corrected chi connectivity index (χ0v) is 8.13. The topological polar surface area (TPSA) is 40.6 Å². The molecule has 0 atom stereocenters. The van der Waals surface area contributed by atoms with E-state index < -0.39 is 0 Å². The van der Waals surface area contributed by atoms with Crippen molar-refractivity contribution in [3.05, 3.63) is 0 Å². The second-order valence-corrected chi connectivity index (χ2v) is 2.98. The lowest BCUT2D eigenvalue weighted by Gasteiger charge is -2.16.